The molecule has 0 heterocycles. The average molecular weight is 296 g/mol. The summed E-state index contributed by atoms with van der Waals surface area (Å²) in [6.07, 6.45) is 0. The number of carbonyl (C=O) groups excluding carboxylic acids is 1. The number of amides is 1. The predicted octanol–water partition coefficient (Wildman–Crippen LogP) is 4.25. The van der Waals surface area contributed by atoms with Crippen LogP contribution in [0.1, 0.15) is 10.4 Å². The van der Waals surface area contributed by atoms with Gasteiger partial charge in [0.2, 0.25) is 0 Å². The second-order valence-electron chi connectivity index (χ2n) is 3.78. The highest BCUT2D eigenvalue weighted by molar-refractivity contribution is 6.40. The van der Waals surface area contributed by atoms with Crippen LogP contribution in [0.2, 0.25) is 10.0 Å². The lowest BCUT2D eigenvalue weighted by Gasteiger charge is -2.08. The van der Waals surface area contributed by atoms with Crippen molar-refractivity contribution in [3.05, 3.63) is 58.1 Å². The molecule has 0 bridgehead atoms. The van der Waals surface area contributed by atoms with Crippen molar-refractivity contribution >= 4 is 34.8 Å². The van der Waals surface area contributed by atoms with Crippen molar-refractivity contribution < 1.29 is 9.53 Å². The van der Waals surface area contributed by atoms with Crippen LogP contribution in [0.15, 0.2) is 42.5 Å². The van der Waals surface area contributed by atoms with E-state index in [1.165, 1.54) is 0 Å². The van der Waals surface area contributed by atoms with Crippen LogP contribution < -0.4 is 10.1 Å². The van der Waals surface area contributed by atoms with Gasteiger partial charge in [0.25, 0.3) is 5.91 Å². The standard InChI is InChI=1S/C14H11Cl2NO2/c1-19-10-7-5-9(6-8-10)17-14(18)13-11(15)3-2-4-12(13)16/h2-8H,1H3,(H,17,18). The van der Waals surface area contributed by atoms with Crippen molar-refractivity contribution in [2.24, 2.45) is 0 Å². The molecule has 0 spiro atoms. The van der Waals surface area contributed by atoms with Crippen LogP contribution in [0.5, 0.6) is 5.75 Å². The largest absolute Gasteiger partial charge is 0.497 e. The van der Waals surface area contributed by atoms with Crippen molar-refractivity contribution in [3.8, 4) is 5.75 Å². The topological polar surface area (TPSA) is 38.3 Å². The Morgan fingerprint density at radius 2 is 1.63 bits per heavy atom. The molecule has 0 fully saturated rings. The Labute approximate surface area is 121 Å². The van der Waals surface area contributed by atoms with Gasteiger partial charge in [0.15, 0.2) is 0 Å². The van der Waals surface area contributed by atoms with Gasteiger partial charge in [-0.15, -0.1) is 0 Å². The highest BCUT2D eigenvalue weighted by Crippen LogP contribution is 2.25. The minimum atomic E-state index is -0.347. The number of hydrogen-bond donors (Lipinski definition) is 1. The van der Waals surface area contributed by atoms with Crippen LogP contribution in [-0.2, 0) is 0 Å². The minimum Gasteiger partial charge on any atom is -0.497 e. The molecule has 0 aromatic heterocycles. The second-order valence-corrected chi connectivity index (χ2v) is 4.59. The smallest absolute Gasteiger partial charge is 0.258 e. The predicted molar refractivity (Wildman–Crippen MR) is 77.4 cm³/mol. The van der Waals surface area contributed by atoms with Crippen molar-refractivity contribution in [1.29, 1.82) is 0 Å². The number of methoxy groups -OCH3 is 1. The van der Waals surface area contributed by atoms with E-state index >= 15 is 0 Å². The van der Waals surface area contributed by atoms with Crippen LogP contribution in [0.25, 0.3) is 0 Å². The third-order valence-electron chi connectivity index (χ3n) is 2.54. The first-order valence-electron chi connectivity index (χ1n) is 5.51. The number of halogens is 2. The van der Waals surface area contributed by atoms with Crippen LogP contribution in [0.4, 0.5) is 5.69 Å². The van der Waals surface area contributed by atoms with E-state index in [1.807, 2.05) is 0 Å². The quantitative estimate of drug-likeness (QED) is 0.919. The monoisotopic (exact) mass is 295 g/mol. The Morgan fingerprint density at radius 3 is 2.16 bits per heavy atom. The van der Waals surface area contributed by atoms with Crippen molar-refractivity contribution in [1.82, 2.24) is 0 Å². The van der Waals surface area contributed by atoms with E-state index in [9.17, 15) is 4.79 Å². The van der Waals surface area contributed by atoms with E-state index in [-0.39, 0.29) is 11.5 Å². The number of ether oxygens (including phenoxy) is 1. The Kier molecular flexibility index (Phi) is 4.30. The van der Waals surface area contributed by atoms with E-state index in [0.29, 0.717) is 21.5 Å². The molecular formula is C14H11Cl2NO2. The van der Waals surface area contributed by atoms with Crippen molar-refractivity contribution in [2.45, 2.75) is 0 Å². The minimum absolute atomic E-state index is 0.265. The molecule has 1 amide bonds. The summed E-state index contributed by atoms with van der Waals surface area (Å²) in [7, 11) is 1.58. The molecule has 2 aromatic rings. The molecule has 0 aliphatic heterocycles. The van der Waals surface area contributed by atoms with Crippen LogP contribution >= 0.6 is 23.2 Å². The number of hydrogen-bond acceptors (Lipinski definition) is 2. The van der Waals surface area contributed by atoms with Gasteiger partial charge in [0, 0.05) is 5.69 Å². The van der Waals surface area contributed by atoms with Gasteiger partial charge in [-0.05, 0) is 36.4 Å². The van der Waals surface area contributed by atoms with Crippen LogP contribution in [0, 0.1) is 0 Å². The fourth-order valence-corrected chi connectivity index (χ4v) is 2.15. The number of nitrogens with one attached hydrogen (secondary N) is 1. The Morgan fingerprint density at radius 1 is 1.05 bits per heavy atom. The highest BCUT2D eigenvalue weighted by atomic mass is 35.5. The van der Waals surface area contributed by atoms with Gasteiger partial charge in [0.05, 0.1) is 22.7 Å². The summed E-state index contributed by atoms with van der Waals surface area (Å²) >= 11 is 11.9. The van der Waals surface area contributed by atoms with E-state index in [2.05, 4.69) is 5.32 Å². The molecule has 3 nitrogen and oxygen atoms in total. The van der Waals surface area contributed by atoms with Gasteiger partial charge in [-0.3, -0.25) is 4.79 Å². The Balaban J connectivity index is 2.21. The Hall–Kier alpha value is -1.71. The van der Waals surface area contributed by atoms with Gasteiger partial charge in [0.1, 0.15) is 5.75 Å². The molecule has 5 heteroatoms. The third kappa shape index (κ3) is 3.19. The Bertz CT molecular complexity index is 577. The zero-order valence-electron chi connectivity index (χ0n) is 10.1. The molecule has 2 rings (SSSR count). The maximum absolute atomic E-state index is 12.1. The molecule has 0 radical (unpaired) electrons. The number of benzene rings is 2. The summed E-state index contributed by atoms with van der Waals surface area (Å²) in [6.45, 7) is 0. The summed E-state index contributed by atoms with van der Waals surface area (Å²) in [5, 5.41) is 3.36. The fourth-order valence-electron chi connectivity index (χ4n) is 1.58. The number of carbonyl (C=O) groups is 1. The van der Waals surface area contributed by atoms with E-state index in [0.717, 1.165) is 0 Å². The van der Waals surface area contributed by atoms with Crippen molar-refractivity contribution in [2.75, 3.05) is 12.4 Å². The molecule has 0 saturated heterocycles. The summed E-state index contributed by atoms with van der Waals surface area (Å²) in [6, 6.07) is 11.9. The average Bonchev–Trinajstić information content (AvgIpc) is 2.39. The third-order valence-corrected chi connectivity index (χ3v) is 3.17. The van der Waals surface area contributed by atoms with E-state index < -0.39 is 0 Å². The second kappa shape index (κ2) is 5.95. The van der Waals surface area contributed by atoms with Gasteiger partial charge < -0.3 is 10.1 Å². The van der Waals surface area contributed by atoms with Gasteiger partial charge in [-0.25, -0.2) is 0 Å². The van der Waals surface area contributed by atoms with Crippen molar-refractivity contribution in [3.63, 3.8) is 0 Å². The number of rotatable bonds is 3. The lowest BCUT2D eigenvalue weighted by Crippen LogP contribution is -2.13. The maximum atomic E-state index is 12.1. The lowest BCUT2D eigenvalue weighted by atomic mass is 10.2. The first kappa shape index (κ1) is 13.7. The molecular weight excluding hydrogens is 285 g/mol. The maximum Gasteiger partial charge on any atom is 0.258 e. The molecule has 0 atom stereocenters. The zero-order valence-corrected chi connectivity index (χ0v) is 11.6. The summed E-state index contributed by atoms with van der Waals surface area (Å²) in [4.78, 5) is 12.1. The molecule has 98 valence electrons. The molecule has 19 heavy (non-hydrogen) atoms. The summed E-state index contributed by atoms with van der Waals surface area (Å²) in [5.74, 6) is 0.370. The van der Waals surface area contributed by atoms with E-state index in [4.69, 9.17) is 27.9 Å². The van der Waals surface area contributed by atoms with E-state index in [1.54, 1.807) is 49.6 Å². The number of anilines is 1. The molecule has 1 N–H and O–H groups in total. The highest BCUT2D eigenvalue weighted by Gasteiger charge is 2.14. The SMILES string of the molecule is COc1ccc(NC(=O)c2c(Cl)cccc2Cl)cc1. The molecule has 0 saturated carbocycles. The first-order chi connectivity index (χ1) is 9.11. The normalized spacial score (nSPS) is 10.1. The first-order valence-corrected chi connectivity index (χ1v) is 6.27. The van der Waals surface area contributed by atoms with Crippen LogP contribution in [0.3, 0.4) is 0 Å². The van der Waals surface area contributed by atoms with Gasteiger partial charge in [-0.1, -0.05) is 29.3 Å². The molecule has 2 aromatic carbocycles. The van der Waals surface area contributed by atoms with Crippen LogP contribution in [-0.4, -0.2) is 13.0 Å². The fraction of sp³-hybridized carbons (Fsp3) is 0.0714. The zero-order chi connectivity index (χ0) is 13.8. The summed E-state index contributed by atoms with van der Waals surface area (Å²) in [5.41, 5.74) is 0.906. The molecule has 0 unspecified atom stereocenters. The molecule has 0 aliphatic carbocycles. The van der Waals surface area contributed by atoms with Gasteiger partial charge in [-0.2, -0.15) is 0 Å². The van der Waals surface area contributed by atoms with Gasteiger partial charge >= 0.3 is 0 Å². The lowest BCUT2D eigenvalue weighted by molar-refractivity contribution is 0.102. The summed E-state index contributed by atoms with van der Waals surface area (Å²) < 4.78 is 5.04. The molecule has 0 aliphatic rings.